The number of amides is 1. The number of halogens is 5. The Balaban J connectivity index is 2.04. The van der Waals surface area contributed by atoms with Crippen molar-refractivity contribution in [1.82, 2.24) is 5.32 Å². The number of hydrogen-bond acceptors (Lipinski definition) is 1. The number of benzene rings is 1. The zero-order valence-electron chi connectivity index (χ0n) is 11.0. The van der Waals surface area contributed by atoms with Crippen molar-refractivity contribution in [3.63, 3.8) is 0 Å². The molecular formula is C14H14BrF4NO. The molecule has 0 spiro atoms. The average Bonchev–Trinajstić information content (AvgIpc) is 2.41. The Morgan fingerprint density at radius 1 is 1.29 bits per heavy atom. The molecule has 1 N–H and O–H groups in total. The summed E-state index contributed by atoms with van der Waals surface area (Å²) in [6.07, 6.45) is -3.43. The normalized spacial score (nSPS) is 22.9. The second-order valence-electron chi connectivity index (χ2n) is 5.20. The molecule has 2 rings (SSSR count). The SMILES string of the molecule is O=C(N[C@@H]1CCC[C@@H](C(F)(F)F)C1)c1cc(Br)ccc1F. The molecule has 1 aromatic rings. The Kier molecular flexibility index (Phi) is 4.91. The molecule has 2 nitrogen and oxygen atoms in total. The van der Waals surface area contributed by atoms with Crippen molar-refractivity contribution in [3.05, 3.63) is 34.1 Å². The summed E-state index contributed by atoms with van der Waals surface area (Å²) in [7, 11) is 0. The van der Waals surface area contributed by atoms with E-state index in [9.17, 15) is 22.4 Å². The van der Waals surface area contributed by atoms with E-state index in [4.69, 9.17) is 0 Å². The lowest BCUT2D eigenvalue weighted by molar-refractivity contribution is -0.183. The molecule has 0 aliphatic heterocycles. The van der Waals surface area contributed by atoms with Crippen LogP contribution < -0.4 is 5.32 Å². The predicted octanol–water partition coefficient (Wildman–Crippen LogP) is 4.44. The summed E-state index contributed by atoms with van der Waals surface area (Å²) < 4.78 is 52.3. The average molecular weight is 368 g/mol. The fourth-order valence-electron chi connectivity index (χ4n) is 2.55. The Morgan fingerprint density at radius 2 is 2.00 bits per heavy atom. The molecule has 116 valence electrons. The molecule has 1 saturated carbocycles. The second kappa shape index (κ2) is 6.34. The molecular weight excluding hydrogens is 354 g/mol. The van der Waals surface area contributed by atoms with Crippen LogP contribution in [0.25, 0.3) is 0 Å². The molecule has 1 fully saturated rings. The molecule has 1 aliphatic carbocycles. The molecule has 1 amide bonds. The van der Waals surface area contributed by atoms with Crippen LogP contribution in [0.3, 0.4) is 0 Å². The number of nitrogens with one attached hydrogen (secondary N) is 1. The van der Waals surface area contributed by atoms with E-state index < -0.39 is 29.9 Å². The first-order chi connectivity index (χ1) is 9.77. The van der Waals surface area contributed by atoms with Gasteiger partial charge in [-0.25, -0.2) is 4.39 Å². The summed E-state index contributed by atoms with van der Waals surface area (Å²) in [5.41, 5.74) is -0.168. The number of hydrogen-bond donors (Lipinski definition) is 1. The third-order valence-corrected chi connectivity index (χ3v) is 4.14. The van der Waals surface area contributed by atoms with Crippen molar-refractivity contribution < 1.29 is 22.4 Å². The van der Waals surface area contributed by atoms with Gasteiger partial charge in [0.2, 0.25) is 0 Å². The molecule has 0 bridgehead atoms. The standard InChI is InChI=1S/C14H14BrF4NO/c15-9-4-5-12(16)11(7-9)13(21)20-10-3-1-2-8(6-10)14(17,18)19/h4-5,7-8,10H,1-3,6H2,(H,20,21)/t8-,10-/m1/s1. The zero-order chi connectivity index (χ0) is 15.6. The zero-order valence-corrected chi connectivity index (χ0v) is 12.6. The lowest BCUT2D eigenvalue weighted by atomic mass is 9.85. The predicted molar refractivity (Wildman–Crippen MR) is 73.4 cm³/mol. The van der Waals surface area contributed by atoms with Crippen LogP contribution in [0.5, 0.6) is 0 Å². The number of carbonyl (C=O) groups is 1. The van der Waals surface area contributed by atoms with Crippen molar-refractivity contribution in [2.75, 3.05) is 0 Å². The van der Waals surface area contributed by atoms with Gasteiger partial charge in [0.05, 0.1) is 11.5 Å². The Morgan fingerprint density at radius 3 is 2.67 bits per heavy atom. The monoisotopic (exact) mass is 367 g/mol. The van der Waals surface area contributed by atoms with Crippen molar-refractivity contribution in [3.8, 4) is 0 Å². The minimum absolute atomic E-state index is 0.0844. The third kappa shape index (κ3) is 4.18. The first-order valence-electron chi connectivity index (χ1n) is 6.60. The molecule has 0 heterocycles. The summed E-state index contributed by atoms with van der Waals surface area (Å²) in [6.45, 7) is 0. The highest BCUT2D eigenvalue weighted by atomic mass is 79.9. The first kappa shape index (κ1) is 16.3. The summed E-state index contributed by atoms with van der Waals surface area (Å²) in [6, 6.07) is 3.33. The van der Waals surface area contributed by atoms with Gasteiger partial charge in [0.1, 0.15) is 5.82 Å². The van der Waals surface area contributed by atoms with Gasteiger partial charge in [-0.15, -0.1) is 0 Å². The summed E-state index contributed by atoms with van der Waals surface area (Å²) in [5, 5.41) is 2.51. The van der Waals surface area contributed by atoms with Gasteiger partial charge in [0.15, 0.2) is 0 Å². The van der Waals surface area contributed by atoms with Crippen LogP contribution >= 0.6 is 15.9 Å². The highest BCUT2D eigenvalue weighted by molar-refractivity contribution is 9.10. The molecule has 0 saturated heterocycles. The maximum absolute atomic E-state index is 13.6. The van der Waals surface area contributed by atoms with Crippen molar-refractivity contribution in [1.29, 1.82) is 0 Å². The second-order valence-corrected chi connectivity index (χ2v) is 6.12. The summed E-state index contributed by atoms with van der Waals surface area (Å²) >= 11 is 3.13. The van der Waals surface area contributed by atoms with Crippen molar-refractivity contribution in [2.24, 2.45) is 5.92 Å². The Labute approximate surface area is 128 Å². The van der Waals surface area contributed by atoms with Gasteiger partial charge in [-0.2, -0.15) is 13.2 Å². The maximum Gasteiger partial charge on any atom is 0.391 e. The number of carbonyl (C=O) groups excluding carboxylic acids is 1. The van der Waals surface area contributed by atoms with Crippen LogP contribution in [0, 0.1) is 11.7 Å². The van der Waals surface area contributed by atoms with Gasteiger partial charge in [0.25, 0.3) is 5.91 Å². The van der Waals surface area contributed by atoms with Crippen molar-refractivity contribution >= 4 is 21.8 Å². The van der Waals surface area contributed by atoms with Crippen LogP contribution in [0.4, 0.5) is 17.6 Å². The smallest absolute Gasteiger partial charge is 0.349 e. The Hall–Kier alpha value is -1.11. The fraction of sp³-hybridized carbons (Fsp3) is 0.500. The largest absolute Gasteiger partial charge is 0.391 e. The van der Waals surface area contributed by atoms with Gasteiger partial charge in [-0.05, 0) is 37.5 Å². The topological polar surface area (TPSA) is 29.1 Å². The van der Waals surface area contributed by atoms with Gasteiger partial charge >= 0.3 is 6.18 Å². The lowest BCUT2D eigenvalue weighted by Crippen LogP contribution is -2.41. The van der Waals surface area contributed by atoms with E-state index in [1.165, 1.54) is 12.1 Å². The van der Waals surface area contributed by atoms with E-state index in [0.29, 0.717) is 17.3 Å². The quantitative estimate of drug-likeness (QED) is 0.769. The van der Waals surface area contributed by atoms with Gasteiger partial charge in [-0.3, -0.25) is 4.79 Å². The van der Waals surface area contributed by atoms with Crippen LogP contribution in [0.1, 0.15) is 36.0 Å². The fourth-order valence-corrected chi connectivity index (χ4v) is 2.91. The minimum atomic E-state index is -4.25. The minimum Gasteiger partial charge on any atom is -0.349 e. The number of alkyl halides is 3. The van der Waals surface area contributed by atoms with Crippen LogP contribution in [0.15, 0.2) is 22.7 Å². The number of rotatable bonds is 2. The van der Waals surface area contributed by atoms with Gasteiger partial charge in [0, 0.05) is 10.5 Å². The molecule has 2 atom stereocenters. The van der Waals surface area contributed by atoms with Crippen LogP contribution in [0.2, 0.25) is 0 Å². The first-order valence-corrected chi connectivity index (χ1v) is 7.39. The van der Waals surface area contributed by atoms with E-state index in [-0.39, 0.29) is 18.4 Å². The van der Waals surface area contributed by atoms with Crippen LogP contribution in [-0.4, -0.2) is 18.1 Å². The van der Waals surface area contributed by atoms with E-state index in [1.807, 2.05) is 0 Å². The molecule has 0 radical (unpaired) electrons. The highest BCUT2D eigenvalue weighted by Crippen LogP contribution is 2.37. The Bertz CT molecular complexity index is 532. The van der Waals surface area contributed by atoms with Gasteiger partial charge in [-0.1, -0.05) is 22.4 Å². The molecule has 21 heavy (non-hydrogen) atoms. The molecule has 1 aliphatic rings. The van der Waals surface area contributed by atoms with Crippen molar-refractivity contribution in [2.45, 2.75) is 37.9 Å². The van der Waals surface area contributed by atoms with Gasteiger partial charge < -0.3 is 5.32 Å². The summed E-state index contributed by atoms with van der Waals surface area (Å²) in [4.78, 5) is 12.0. The van der Waals surface area contributed by atoms with E-state index in [1.54, 1.807) is 0 Å². The molecule has 1 aromatic carbocycles. The van der Waals surface area contributed by atoms with E-state index >= 15 is 0 Å². The third-order valence-electron chi connectivity index (χ3n) is 3.65. The molecule has 0 aromatic heterocycles. The van der Waals surface area contributed by atoms with E-state index in [2.05, 4.69) is 21.2 Å². The highest BCUT2D eigenvalue weighted by Gasteiger charge is 2.42. The maximum atomic E-state index is 13.6. The lowest BCUT2D eigenvalue weighted by Gasteiger charge is -2.31. The molecule has 7 heteroatoms. The van der Waals surface area contributed by atoms with E-state index in [0.717, 1.165) is 6.07 Å². The van der Waals surface area contributed by atoms with Crippen LogP contribution in [-0.2, 0) is 0 Å². The summed E-state index contributed by atoms with van der Waals surface area (Å²) in [5.74, 6) is -2.77. The molecule has 0 unspecified atom stereocenters.